The molecular formula is C28H32FN3O4S. The minimum atomic E-state index is -4.02. The molecule has 0 bridgehead atoms. The van der Waals surface area contributed by atoms with Gasteiger partial charge in [0, 0.05) is 19.0 Å². The predicted octanol–water partition coefficient (Wildman–Crippen LogP) is 3.76. The summed E-state index contributed by atoms with van der Waals surface area (Å²) in [5.74, 6) is -1.76. The summed E-state index contributed by atoms with van der Waals surface area (Å²) >= 11 is 0. The van der Waals surface area contributed by atoms with Crippen LogP contribution in [0.2, 0.25) is 0 Å². The topological polar surface area (TPSA) is 86.8 Å². The highest BCUT2D eigenvalue weighted by Gasteiger charge is 2.33. The number of sulfonamides is 1. The molecule has 1 N–H and O–H groups in total. The van der Waals surface area contributed by atoms with Crippen molar-refractivity contribution in [2.24, 2.45) is 0 Å². The van der Waals surface area contributed by atoms with Crippen LogP contribution in [0, 0.1) is 5.82 Å². The standard InChI is InChI=1S/C28H32FN3O4S/c1-21(2)30-28(34)26(18-22-12-6-4-7-13-22)31(19-23-14-8-5-9-15-23)27(33)20-32(37(3,35)36)25-17-11-10-16-24(25)29/h4-17,21,26H,18-20H2,1-3H3,(H,30,34)/t26-/m0/s1. The molecule has 3 rings (SSSR count). The third kappa shape index (κ3) is 7.88. The normalized spacial score (nSPS) is 12.1. The molecule has 196 valence electrons. The Hall–Kier alpha value is -3.72. The molecule has 2 amide bonds. The van der Waals surface area contributed by atoms with Crippen molar-refractivity contribution in [3.8, 4) is 0 Å². The van der Waals surface area contributed by atoms with Crippen LogP contribution in [-0.4, -0.2) is 50.0 Å². The number of hydrogen-bond donors (Lipinski definition) is 1. The van der Waals surface area contributed by atoms with E-state index in [0.29, 0.717) is 0 Å². The summed E-state index contributed by atoms with van der Waals surface area (Å²) in [4.78, 5) is 28.6. The molecule has 0 aliphatic heterocycles. The highest BCUT2D eigenvalue weighted by atomic mass is 32.2. The van der Waals surface area contributed by atoms with Crippen LogP contribution in [0.5, 0.6) is 0 Å². The van der Waals surface area contributed by atoms with Gasteiger partial charge in [0.05, 0.1) is 11.9 Å². The largest absolute Gasteiger partial charge is 0.352 e. The molecular weight excluding hydrogens is 493 g/mol. The van der Waals surface area contributed by atoms with Crippen LogP contribution in [-0.2, 0) is 32.6 Å². The van der Waals surface area contributed by atoms with Crippen molar-refractivity contribution in [2.45, 2.75) is 38.9 Å². The maximum Gasteiger partial charge on any atom is 0.244 e. The average Bonchev–Trinajstić information content (AvgIpc) is 2.85. The number of nitrogens with one attached hydrogen (secondary N) is 1. The number of nitrogens with zero attached hydrogens (tertiary/aromatic N) is 2. The number of benzene rings is 3. The van der Waals surface area contributed by atoms with Gasteiger partial charge in [-0.3, -0.25) is 13.9 Å². The van der Waals surface area contributed by atoms with Crippen molar-refractivity contribution in [1.82, 2.24) is 10.2 Å². The molecule has 7 nitrogen and oxygen atoms in total. The van der Waals surface area contributed by atoms with E-state index >= 15 is 0 Å². The van der Waals surface area contributed by atoms with E-state index in [1.54, 1.807) is 0 Å². The molecule has 0 spiro atoms. The summed E-state index contributed by atoms with van der Waals surface area (Å²) < 4.78 is 40.6. The van der Waals surface area contributed by atoms with Gasteiger partial charge >= 0.3 is 0 Å². The highest BCUT2D eigenvalue weighted by molar-refractivity contribution is 7.92. The lowest BCUT2D eigenvalue weighted by molar-refractivity contribution is -0.140. The molecule has 0 aromatic heterocycles. The van der Waals surface area contributed by atoms with E-state index in [-0.39, 0.29) is 30.6 Å². The first-order chi connectivity index (χ1) is 17.6. The number of anilines is 1. The summed E-state index contributed by atoms with van der Waals surface area (Å²) in [6.45, 7) is 3.05. The van der Waals surface area contributed by atoms with Crippen molar-refractivity contribution >= 4 is 27.5 Å². The molecule has 0 heterocycles. The van der Waals surface area contributed by atoms with E-state index in [1.165, 1.54) is 23.1 Å². The minimum absolute atomic E-state index is 0.0670. The zero-order valence-electron chi connectivity index (χ0n) is 21.2. The van der Waals surface area contributed by atoms with E-state index in [2.05, 4.69) is 5.32 Å². The molecule has 37 heavy (non-hydrogen) atoms. The predicted molar refractivity (Wildman–Crippen MR) is 143 cm³/mol. The molecule has 3 aromatic rings. The molecule has 0 fully saturated rings. The minimum Gasteiger partial charge on any atom is -0.352 e. The number of halogens is 1. The van der Waals surface area contributed by atoms with E-state index in [4.69, 9.17) is 0 Å². The van der Waals surface area contributed by atoms with Gasteiger partial charge in [0.2, 0.25) is 21.8 Å². The van der Waals surface area contributed by atoms with Crippen LogP contribution in [0.25, 0.3) is 0 Å². The lowest BCUT2D eigenvalue weighted by Crippen LogP contribution is -2.54. The zero-order chi connectivity index (χ0) is 27.0. The number of rotatable bonds is 11. The monoisotopic (exact) mass is 525 g/mol. The van der Waals surface area contributed by atoms with Crippen LogP contribution in [0.4, 0.5) is 10.1 Å². The van der Waals surface area contributed by atoms with Crippen molar-refractivity contribution in [3.63, 3.8) is 0 Å². The van der Waals surface area contributed by atoms with Crippen LogP contribution >= 0.6 is 0 Å². The molecule has 0 radical (unpaired) electrons. The van der Waals surface area contributed by atoms with Gasteiger partial charge in [-0.05, 0) is 37.1 Å². The van der Waals surface area contributed by atoms with Gasteiger partial charge in [-0.2, -0.15) is 0 Å². The summed E-state index contributed by atoms with van der Waals surface area (Å²) in [7, 11) is -4.02. The molecule has 0 aliphatic rings. The van der Waals surface area contributed by atoms with Crippen molar-refractivity contribution < 1.29 is 22.4 Å². The van der Waals surface area contributed by atoms with Crippen LogP contribution in [0.3, 0.4) is 0 Å². The Morgan fingerprint density at radius 1 is 0.865 bits per heavy atom. The van der Waals surface area contributed by atoms with Gasteiger partial charge in [-0.1, -0.05) is 72.8 Å². The Kier molecular flexibility index (Phi) is 9.41. The number of para-hydroxylation sites is 1. The quantitative estimate of drug-likeness (QED) is 0.413. The third-order valence-corrected chi connectivity index (χ3v) is 6.82. The van der Waals surface area contributed by atoms with Crippen molar-refractivity contribution in [3.05, 3.63) is 102 Å². The molecule has 0 unspecified atom stereocenters. The number of carbonyl (C=O) groups excluding carboxylic acids is 2. The Morgan fingerprint density at radius 3 is 1.95 bits per heavy atom. The zero-order valence-corrected chi connectivity index (χ0v) is 22.0. The number of carbonyl (C=O) groups is 2. The molecule has 0 aliphatic carbocycles. The van der Waals surface area contributed by atoms with E-state index < -0.39 is 34.3 Å². The SMILES string of the molecule is CC(C)NC(=O)[C@H](Cc1ccccc1)N(Cc1ccccc1)C(=O)CN(c1ccccc1F)S(C)(=O)=O. The molecule has 3 aromatic carbocycles. The molecule has 9 heteroatoms. The Labute approximate surface area is 218 Å². The van der Waals surface area contributed by atoms with E-state index in [0.717, 1.165) is 27.8 Å². The Bertz CT molecular complexity index is 1300. The summed E-state index contributed by atoms with van der Waals surface area (Å²) in [6, 6.07) is 22.7. The fourth-order valence-corrected chi connectivity index (χ4v) is 4.81. The van der Waals surface area contributed by atoms with Crippen LogP contribution < -0.4 is 9.62 Å². The van der Waals surface area contributed by atoms with E-state index in [1.807, 2.05) is 74.5 Å². The van der Waals surface area contributed by atoms with Crippen LogP contribution in [0.15, 0.2) is 84.9 Å². The molecule has 0 saturated carbocycles. The van der Waals surface area contributed by atoms with Gasteiger partial charge in [-0.25, -0.2) is 12.8 Å². The van der Waals surface area contributed by atoms with Gasteiger partial charge in [0.1, 0.15) is 18.4 Å². The fraction of sp³-hybridized carbons (Fsp3) is 0.286. The lowest BCUT2D eigenvalue weighted by Gasteiger charge is -2.34. The first-order valence-electron chi connectivity index (χ1n) is 12.0. The highest BCUT2D eigenvalue weighted by Crippen LogP contribution is 2.23. The van der Waals surface area contributed by atoms with Gasteiger partial charge in [-0.15, -0.1) is 0 Å². The Morgan fingerprint density at radius 2 is 1.41 bits per heavy atom. The fourth-order valence-electron chi connectivity index (χ4n) is 3.96. The summed E-state index contributed by atoms with van der Waals surface area (Å²) in [5.41, 5.74) is 1.37. The molecule has 1 atom stereocenters. The second-order valence-electron chi connectivity index (χ2n) is 9.10. The Balaban J connectivity index is 2.04. The van der Waals surface area contributed by atoms with Crippen LogP contribution in [0.1, 0.15) is 25.0 Å². The van der Waals surface area contributed by atoms with Gasteiger partial charge < -0.3 is 10.2 Å². The third-order valence-electron chi connectivity index (χ3n) is 5.70. The lowest BCUT2D eigenvalue weighted by atomic mass is 10.0. The first kappa shape index (κ1) is 27.9. The van der Waals surface area contributed by atoms with Crippen molar-refractivity contribution in [2.75, 3.05) is 17.1 Å². The number of amides is 2. The summed E-state index contributed by atoms with van der Waals surface area (Å²) in [6.07, 6.45) is 1.14. The molecule has 0 saturated heterocycles. The van der Waals surface area contributed by atoms with Gasteiger partial charge in [0.25, 0.3) is 0 Å². The smallest absolute Gasteiger partial charge is 0.244 e. The maximum absolute atomic E-state index is 14.6. The maximum atomic E-state index is 14.6. The van der Waals surface area contributed by atoms with E-state index in [9.17, 15) is 22.4 Å². The van der Waals surface area contributed by atoms with Gasteiger partial charge in [0.15, 0.2) is 0 Å². The summed E-state index contributed by atoms with van der Waals surface area (Å²) in [5, 5.41) is 2.88. The first-order valence-corrected chi connectivity index (χ1v) is 13.8. The average molecular weight is 526 g/mol. The number of hydrogen-bond acceptors (Lipinski definition) is 4. The second kappa shape index (κ2) is 12.5. The van der Waals surface area contributed by atoms with Crippen molar-refractivity contribution in [1.29, 1.82) is 0 Å². The second-order valence-corrected chi connectivity index (χ2v) is 11.0.